The highest BCUT2D eigenvalue weighted by molar-refractivity contribution is 7.09. The number of carbonyl (C=O) groups excluding carboxylic acids is 1. The first-order chi connectivity index (χ1) is 7.02. The Morgan fingerprint density at radius 2 is 2.33 bits per heavy atom. The standard InChI is InChI=1S/C9H12N2O3S/c1-5(9(13)14)8(12)10-3-7-6(2)11-4-15-7/h4-5H,3H2,1-2H3,(H,10,12)(H,13,14). The second kappa shape index (κ2) is 4.88. The molecule has 0 fully saturated rings. The molecule has 1 atom stereocenters. The number of aryl methyl sites for hydroxylation is 1. The molecule has 0 saturated carbocycles. The van der Waals surface area contributed by atoms with Gasteiger partial charge in [-0.05, 0) is 13.8 Å². The molecule has 0 bridgehead atoms. The third kappa shape index (κ3) is 3.02. The van der Waals surface area contributed by atoms with Crippen LogP contribution in [-0.4, -0.2) is 22.0 Å². The van der Waals surface area contributed by atoms with Gasteiger partial charge < -0.3 is 10.4 Å². The fourth-order valence-electron chi connectivity index (χ4n) is 0.929. The number of aromatic nitrogens is 1. The molecule has 0 radical (unpaired) electrons. The van der Waals surface area contributed by atoms with E-state index in [2.05, 4.69) is 10.3 Å². The summed E-state index contributed by atoms with van der Waals surface area (Å²) >= 11 is 1.44. The summed E-state index contributed by atoms with van der Waals surface area (Å²) < 4.78 is 0. The van der Waals surface area contributed by atoms with Crippen LogP contribution in [0, 0.1) is 12.8 Å². The van der Waals surface area contributed by atoms with Crippen molar-refractivity contribution < 1.29 is 14.7 Å². The Kier molecular flexibility index (Phi) is 3.79. The number of carbonyl (C=O) groups is 2. The smallest absolute Gasteiger partial charge is 0.315 e. The zero-order chi connectivity index (χ0) is 11.4. The number of thiazole rings is 1. The summed E-state index contributed by atoms with van der Waals surface area (Å²) in [5, 5.41) is 11.2. The SMILES string of the molecule is Cc1ncsc1CNC(=O)C(C)C(=O)O. The summed E-state index contributed by atoms with van der Waals surface area (Å²) in [7, 11) is 0. The predicted molar refractivity (Wildman–Crippen MR) is 55.5 cm³/mol. The van der Waals surface area contributed by atoms with E-state index >= 15 is 0 Å². The van der Waals surface area contributed by atoms with Crippen LogP contribution >= 0.6 is 11.3 Å². The molecule has 1 rings (SSSR count). The van der Waals surface area contributed by atoms with E-state index in [9.17, 15) is 9.59 Å². The van der Waals surface area contributed by atoms with Crippen molar-refractivity contribution in [1.29, 1.82) is 0 Å². The number of nitrogens with zero attached hydrogens (tertiary/aromatic N) is 1. The molecule has 6 heteroatoms. The van der Waals surface area contributed by atoms with Crippen LogP contribution in [0.1, 0.15) is 17.5 Å². The average Bonchev–Trinajstić information content (AvgIpc) is 2.59. The molecular formula is C9H12N2O3S. The Morgan fingerprint density at radius 1 is 1.67 bits per heavy atom. The largest absolute Gasteiger partial charge is 0.481 e. The van der Waals surface area contributed by atoms with Gasteiger partial charge in [0.2, 0.25) is 5.91 Å². The van der Waals surface area contributed by atoms with Crippen molar-refractivity contribution in [2.45, 2.75) is 20.4 Å². The molecule has 0 aliphatic heterocycles. The van der Waals surface area contributed by atoms with Gasteiger partial charge >= 0.3 is 5.97 Å². The Labute approximate surface area is 91.1 Å². The maximum Gasteiger partial charge on any atom is 0.315 e. The molecule has 1 heterocycles. The summed E-state index contributed by atoms with van der Waals surface area (Å²) in [5.74, 6) is -2.61. The first-order valence-corrected chi connectivity index (χ1v) is 5.29. The molecule has 0 saturated heterocycles. The van der Waals surface area contributed by atoms with Crippen LogP contribution in [0.3, 0.4) is 0 Å². The topological polar surface area (TPSA) is 79.3 Å². The van der Waals surface area contributed by atoms with Gasteiger partial charge in [-0.3, -0.25) is 9.59 Å². The fourth-order valence-corrected chi connectivity index (χ4v) is 1.65. The van der Waals surface area contributed by atoms with E-state index in [4.69, 9.17) is 5.11 Å². The van der Waals surface area contributed by atoms with Crippen molar-refractivity contribution in [3.05, 3.63) is 16.1 Å². The second-order valence-electron chi connectivity index (χ2n) is 3.14. The van der Waals surface area contributed by atoms with Gasteiger partial charge in [0, 0.05) is 4.88 Å². The Morgan fingerprint density at radius 3 is 2.80 bits per heavy atom. The van der Waals surface area contributed by atoms with Crippen molar-refractivity contribution in [1.82, 2.24) is 10.3 Å². The maximum atomic E-state index is 11.3. The van der Waals surface area contributed by atoms with E-state index in [-0.39, 0.29) is 0 Å². The van der Waals surface area contributed by atoms with Crippen LogP contribution in [0.4, 0.5) is 0 Å². The van der Waals surface area contributed by atoms with Crippen LogP contribution in [0.2, 0.25) is 0 Å². The summed E-state index contributed by atoms with van der Waals surface area (Å²) in [6.45, 7) is 3.54. The van der Waals surface area contributed by atoms with Crippen LogP contribution < -0.4 is 5.32 Å². The van der Waals surface area contributed by atoms with E-state index in [1.807, 2.05) is 6.92 Å². The molecule has 82 valence electrons. The first kappa shape index (κ1) is 11.6. The monoisotopic (exact) mass is 228 g/mol. The first-order valence-electron chi connectivity index (χ1n) is 4.42. The molecular weight excluding hydrogens is 216 g/mol. The van der Waals surface area contributed by atoms with Crippen LogP contribution in [0.5, 0.6) is 0 Å². The lowest BCUT2D eigenvalue weighted by atomic mass is 10.2. The molecule has 1 amide bonds. The van der Waals surface area contributed by atoms with Gasteiger partial charge in [-0.25, -0.2) is 4.98 Å². The highest BCUT2D eigenvalue weighted by Crippen LogP contribution is 2.11. The van der Waals surface area contributed by atoms with E-state index in [0.29, 0.717) is 6.54 Å². The quantitative estimate of drug-likeness (QED) is 0.747. The lowest BCUT2D eigenvalue weighted by Gasteiger charge is -2.07. The highest BCUT2D eigenvalue weighted by atomic mass is 32.1. The average molecular weight is 228 g/mol. The van der Waals surface area contributed by atoms with Crippen molar-refractivity contribution in [2.24, 2.45) is 5.92 Å². The summed E-state index contributed by atoms with van der Waals surface area (Å²) in [5.41, 5.74) is 2.56. The van der Waals surface area contributed by atoms with Crippen molar-refractivity contribution in [3.8, 4) is 0 Å². The van der Waals surface area contributed by atoms with Crippen molar-refractivity contribution >= 4 is 23.2 Å². The molecule has 15 heavy (non-hydrogen) atoms. The normalized spacial score (nSPS) is 12.1. The zero-order valence-corrected chi connectivity index (χ0v) is 9.30. The van der Waals surface area contributed by atoms with Gasteiger partial charge in [-0.1, -0.05) is 0 Å². The number of carboxylic acids is 1. The molecule has 0 aliphatic carbocycles. The Bertz CT molecular complexity index is 375. The summed E-state index contributed by atoms with van der Waals surface area (Å²) in [4.78, 5) is 26.8. The van der Waals surface area contributed by atoms with Gasteiger partial charge in [0.25, 0.3) is 0 Å². The zero-order valence-electron chi connectivity index (χ0n) is 8.48. The highest BCUT2D eigenvalue weighted by Gasteiger charge is 2.20. The molecule has 0 aliphatic rings. The lowest BCUT2D eigenvalue weighted by Crippen LogP contribution is -2.33. The minimum absolute atomic E-state index is 0.340. The minimum atomic E-state index is -1.12. The van der Waals surface area contributed by atoms with Gasteiger partial charge in [-0.15, -0.1) is 11.3 Å². The fraction of sp³-hybridized carbons (Fsp3) is 0.444. The molecule has 5 nitrogen and oxygen atoms in total. The van der Waals surface area contributed by atoms with E-state index in [0.717, 1.165) is 10.6 Å². The lowest BCUT2D eigenvalue weighted by molar-refractivity contribution is -0.146. The van der Waals surface area contributed by atoms with Crippen molar-refractivity contribution in [2.75, 3.05) is 0 Å². The van der Waals surface area contributed by atoms with Gasteiger partial charge in [0.05, 0.1) is 17.7 Å². The van der Waals surface area contributed by atoms with Crippen LogP contribution in [-0.2, 0) is 16.1 Å². The van der Waals surface area contributed by atoms with Crippen LogP contribution in [0.15, 0.2) is 5.51 Å². The van der Waals surface area contributed by atoms with E-state index in [1.54, 1.807) is 5.51 Å². The summed E-state index contributed by atoms with van der Waals surface area (Å²) in [6, 6.07) is 0. The number of amides is 1. The van der Waals surface area contributed by atoms with E-state index in [1.165, 1.54) is 18.3 Å². The molecule has 2 N–H and O–H groups in total. The third-order valence-corrected chi connectivity index (χ3v) is 2.97. The Balaban J connectivity index is 2.48. The van der Waals surface area contributed by atoms with Gasteiger partial charge in [0.15, 0.2) is 0 Å². The number of rotatable bonds is 4. The Hall–Kier alpha value is -1.43. The predicted octanol–water partition coefficient (Wildman–Crippen LogP) is 0.788. The molecule has 1 aromatic heterocycles. The van der Waals surface area contributed by atoms with Gasteiger partial charge in [0.1, 0.15) is 5.92 Å². The number of hydrogen-bond donors (Lipinski definition) is 2. The second-order valence-corrected chi connectivity index (χ2v) is 4.08. The number of nitrogens with one attached hydrogen (secondary N) is 1. The number of aliphatic carboxylic acids is 1. The van der Waals surface area contributed by atoms with Gasteiger partial charge in [-0.2, -0.15) is 0 Å². The molecule has 0 spiro atoms. The van der Waals surface area contributed by atoms with E-state index < -0.39 is 17.8 Å². The number of hydrogen-bond acceptors (Lipinski definition) is 4. The molecule has 0 aromatic carbocycles. The van der Waals surface area contributed by atoms with Crippen molar-refractivity contribution in [3.63, 3.8) is 0 Å². The third-order valence-electron chi connectivity index (χ3n) is 2.03. The maximum absolute atomic E-state index is 11.3. The van der Waals surface area contributed by atoms with Crippen LogP contribution in [0.25, 0.3) is 0 Å². The summed E-state index contributed by atoms with van der Waals surface area (Å²) in [6.07, 6.45) is 0. The molecule has 1 unspecified atom stereocenters. The number of carboxylic acid groups (broad SMARTS) is 1. The minimum Gasteiger partial charge on any atom is -0.481 e. The molecule has 1 aromatic rings.